The van der Waals surface area contributed by atoms with Crippen molar-refractivity contribution in [3.05, 3.63) is 29.3 Å². The molecule has 0 spiro atoms. The monoisotopic (exact) mass is 277 g/mol. The fraction of sp³-hybridized carbons (Fsp3) is 0.533. The lowest BCUT2D eigenvalue weighted by molar-refractivity contribution is -0.131. The van der Waals surface area contributed by atoms with E-state index < -0.39 is 0 Å². The SMILES string of the molecule is COc1ccc2c(c1)CN(C(=O)C1CCCS1)CC2. The number of thioether (sulfide) groups is 1. The van der Waals surface area contributed by atoms with E-state index in [0.717, 1.165) is 37.4 Å². The maximum Gasteiger partial charge on any atom is 0.235 e. The summed E-state index contributed by atoms with van der Waals surface area (Å²) in [5, 5.41) is 0.201. The lowest BCUT2D eigenvalue weighted by atomic mass is 9.99. The molecule has 1 saturated heterocycles. The van der Waals surface area contributed by atoms with Gasteiger partial charge in [0.25, 0.3) is 0 Å². The summed E-state index contributed by atoms with van der Waals surface area (Å²) in [5.74, 6) is 2.34. The number of nitrogens with zero attached hydrogens (tertiary/aromatic N) is 1. The second-order valence-electron chi connectivity index (χ2n) is 5.15. The number of amides is 1. The van der Waals surface area contributed by atoms with Crippen molar-refractivity contribution in [3.63, 3.8) is 0 Å². The molecule has 4 heteroatoms. The summed E-state index contributed by atoms with van der Waals surface area (Å²) in [7, 11) is 1.68. The van der Waals surface area contributed by atoms with Crippen LogP contribution in [0.15, 0.2) is 18.2 Å². The molecule has 1 unspecified atom stereocenters. The third-order valence-electron chi connectivity index (χ3n) is 3.94. The minimum absolute atomic E-state index is 0.201. The average molecular weight is 277 g/mol. The highest BCUT2D eigenvalue weighted by molar-refractivity contribution is 8.00. The predicted molar refractivity (Wildman–Crippen MR) is 77.6 cm³/mol. The van der Waals surface area contributed by atoms with E-state index in [1.807, 2.05) is 22.7 Å². The molecule has 1 fully saturated rings. The van der Waals surface area contributed by atoms with Gasteiger partial charge in [-0.3, -0.25) is 4.79 Å². The molecule has 0 aliphatic carbocycles. The first-order valence-corrected chi connectivity index (χ1v) is 7.89. The first-order valence-electron chi connectivity index (χ1n) is 6.84. The molecule has 3 nitrogen and oxygen atoms in total. The van der Waals surface area contributed by atoms with Gasteiger partial charge in [0.15, 0.2) is 0 Å². The van der Waals surface area contributed by atoms with E-state index in [1.54, 1.807) is 7.11 Å². The van der Waals surface area contributed by atoms with Crippen LogP contribution in [-0.2, 0) is 17.8 Å². The van der Waals surface area contributed by atoms with Crippen LogP contribution >= 0.6 is 11.8 Å². The number of carbonyl (C=O) groups is 1. The number of ether oxygens (including phenoxy) is 1. The molecule has 102 valence electrons. The minimum atomic E-state index is 0.201. The molecule has 0 N–H and O–H groups in total. The zero-order valence-electron chi connectivity index (χ0n) is 11.2. The highest BCUT2D eigenvalue weighted by Crippen LogP contribution is 2.30. The summed E-state index contributed by atoms with van der Waals surface area (Å²) < 4.78 is 5.27. The number of methoxy groups -OCH3 is 1. The molecule has 0 bridgehead atoms. The Bertz CT molecular complexity index is 483. The maximum atomic E-state index is 12.4. The van der Waals surface area contributed by atoms with Gasteiger partial charge in [0.2, 0.25) is 5.91 Å². The number of carbonyl (C=O) groups excluding carboxylic acids is 1. The molecule has 0 radical (unpaired) electrons. The molecule has 0 aromatic heterocycles. The van der Waals surface area contributed by atoms with Gasteiger partial charge >= 0.3 is 0 Å². The number of benzene rings is 1. The lowest BCUT2D eigenvalue weighted by Gasteiger charge is -2.30. The molecule has 3 rings (SSSR count). The molecule has 2 aliphatic rings. The molecular formula is C15H19NO2S. The number of hydrogen-bond acceptors (Lipinski definition) is 3. The van der Waals surface area contributed by atoms with Crippen LogP contribution < -0.4 is 4.74 Å². The summed E-state index contributed by atoms with van der Waals surface area (Å²) in [5.41, 5.74) is 2.59. The normalized spacial score (nSPS) is 22.2. The van der Waals surface area contributed by atoms with Crippen LogP contribution in [0.2, 0.25) is 0 Å². The number of rotatable bonds is 2. The zero-order valence-corrected chi connectivity index (χ0v) is 12.0. The molecule has 1 amide bonds. The van der Waals surface area contributed by atoms with Crippen LogP contribution in [0.25, 0.3) is 0 Å². The first kappa shape index (κ1) is 12.9. The standard InChI is InChI=1S/C15H19NO2S/c1-18-13-5-4-11-6-7-16(10-12(11)9-13)15(17)14-3-2-8-19-14/h4-5,9,14H,2-3,6-8,10H2,1H3. The Morgan fingerprint density at radius 1 is 1.42 bits per heavy atom. The van der Waals surface area contributed by atoms with Gasteiger partial charge in [0.05, 0.1) is 12.4 Å². The maximum absolute atomic E-state index is 12.4. The Labute approximate surface area is 118 Å². The summed E-state index contributed by atoms with van der Waals surface area (Å²) >= 11 is 1.82. The Kier molecular flexibility index (Phi) is 3.69. The van der Waals surface area contributed by atoms with Crippen LogP contribution in [-0.4, -0.2) is 35.5 Å². The van der Waals surface area contributed by atoms with Crippen molar-refractivity contribution in [1.29, 1.82) is 0 Å². The van der Waals surface area contributed by atoms with Crippen LogP contribution in [0.5, 0.6) is 5.75 Å². The van der Waals surface area contributed by atoms with Crippen LogP contribution in [0.4, 0.5) is 0 Å². The van der Waals surface area contributed by atoms with E-state index >= 15 is 0 Å². The molecule has 0 saturated carbocycles. The second-order valence-corrected chi connectivity index (χ2v) is 6.46. The molecule has 1 atom stereocenters. The van der Waals surface area contributed by atoms with Crippen molar-refractivity contribution < 1.29 is 9.53 Å². The van der Waals surface area contributed by atoms with E-state index in [-0.39, 0.29) is 5.25 Å². The Morgan fingerprint density at radius 3 is 3.05 bits per heavy atom. The predicted octanol–water partition coefficient (Wildman–Crippen LogP) is 2.48. The minimum Gasteiger partial charge on any atom is -0.497 e. The van der Waals surface area contributed by atoms with Gasteiger partial charge in [-0.1, -0.05) is 6.07 Å². The molecule has 2 aliphatic heterocycles. The Morgan fingerprint density at radius 2 is 2.32 bits per heavy atom. The van der Waals surface area contributed by atoms with Crippen LogP contribution in [0, 0.1) is 0 Å². The third-order valence-corrected chi connectivity index (χ3v) is 5.31. The average Bonchev–Trinajstić information content (AvgIpc) is 2.99. The van der Waals surface area contributed by atoms with Crippen molar-refractivity contribution in [2.24, 2.45) is 0 Å². The Hall–Kier alpha value is -1.16. The van der Waals surface area contributed by atoms with Crippen LogP contribution in [0.1, 0.15) is 24.0 Å². The quantitative estimate of drug-likeness (QED) is 0.832. The second kappa shape index (κ2) is 5.45. The zero-order chi connectivity index (χ0) is 13.2. The molecule has 19 heavy (non-hydrogen) atoms. The van der Waals surface area contributed by atoms with E-state index in [2.05, 4.69) is 12.1 Å². The van der Waals surface area contributed by atoms with Gasteiger partial charge in [-0.25, -0.2) is 0 Å². The van der Waals surface area contributed by atoms with E-state index in [9.17, 15) is 4.79 Å². The smallest absolute Gasteiger partial charge is 0.235 e. The fourth-order valence-electron chi connectivity index (χ4n) is 2.82. The number of hydrogen-bond donors (Lipinski definition) is 0. The Balaban J connectivity index is 1.75. The number of fused-ring (bicyclic) bond motifs is 1. The topological polar surface area (TPSA) is 29.5 Å². The van der Waals surface area contributed by atoms with Crippen molar-refractivity contribution in [2.75, 3.05) is 19.4 Å². The summed E-state index contributed by atoms with van der Waals surface area (Å²) in [6.07, 6.45) is 3.19. The van der Waals surface area contributed by atoms with Crippen molar-refractivity contribution in [2.45, 2.75) is 31.1 Å². The van der Waals surface area contributed by atoms with Gasteiger partial charge < -0.3 is 9.64 Å². The van der Waals surface area contributed by atoms with E-state index in [4.69, 9.17) is 4.74 Å². The van der Waals surface area contributed by atoms with Gasteiger partial charge in [0, 0.05) is 13.1 Å². The van der Waals surface area contributed by atoms with Crippen molar-refractivity contribution in [1.82, 2.24) is 4.90 Å². The van der Waals surface area contributed by atoms with Crippen molar-refractivity contribution >= 4 is 17.7 Å². The summed E-state index contributed by atoms with van der Waals surface area (Å²) in [6, 6.07) is 6.19. The first-order chi connectivity index (χ1) is 9.28. The highest BCUT2D eigenvalue weighted by atomic mass is 32.2. The third kappa shape index (κ3) is 2.59. The largest absolute Gasteiger partial charge is 0.497 e. The van der Waals surface area contributed by atoms with E-state index in [0.29, 0.717) is 5.91 Å². The van der Waals surface area contributed by atoms with Gasteiger partial charge in [-0.2, -0.15) is 0 Å². The van der Waals surface area contributed by atoms with Gasteiger partial charge in [-0.15, -0.1) is 11.8 Å². The summed E-state index contributed by atoms with van der Waals surface area (Å²) in [6.45, 7) is 1.59. The molecular weight excluding hydrogens is 258 g/mol. The molecule has 1 aromatic carbocycles. The van der Waals surface area contributed by atoms with Gasteiger partial charge in [-0.05, 0) is 48.3 Å². The summed E-state index contributed by atoms with van der Waals surface area (Å²) in [4.78, 5) is 14.5. The van der Waals surface area contributed by atoms with E-state index in [1.165, 1.54) is 17.5 Å². The highest BCUT2D eigenvalue weighted by Gasteiger charge is 2.29. The molecule has 1 aromatic rings. The van der Waals surface area contributed by atoms with Crippen molar-refractivity contribution in [3.8, 4) is 5.75 Å². The molecule has 2 heterocycles. The van der Waals surface area contributed by atoms with Crippen LogP contribution in [0.3, 0.4) is 0 Å². The fourth-order valence-corrected chi connectivity index (χ4v) is 4.07. The lowest BCUT2D eigenvalue weighted by Crippen LogP contribution is -2.40. The van der Waals surface area contributed by atoms with Gasteiger partial charge in [0.1, 0.15) is 5.75 Å².